The Balaban J connectivity index is 1.60. The molecular formula is C25H41N5O5S. The zero-order chi connectivity index (χ0) is 26.5. The Morgan fingerprint density at radius 1 is 1.06 bits per heavy atom. The quantitative estimate of drug-likeness (QED) is 0.250. The van der Waals surface area contributed by atoms with Gasteiger partial charge in [-0.05, 0) is 38.2 Å². The second kappa shape index (κ2) is 15.5. The number of hydrogen-bond donors (Lipinski definition) is 1. The predicted octanol–water partition coefficient (Wildman–Crippen LogP) is 2.75. The fourth-order valence-corrected chi connectivity index (χ4v) is 4.67. The van der Waals surface area contributed by atoms with Gasteiger partial charge in [-0.25, -0.2) is 14.6 Å². The number of aromatic nitrogens is 4. The molecule has 0 radical (unpaired) electrons. The van der Waals surface area contributed by atoms with Crippen molar-refractivity contribution in [1.29, 1.82) is 0 Å². The van der Waals surface area contributed by atoms with Gasteiger partial charge >= 0.3 is 11.7 Å². The van der Waals surface area contributed by atoms with E-state index >= 15 is 0 Å². The lowest BCUT2D eigenvalue weighted by Gasteiger charge is -2.16. The second-order valence-corrected chi connectivity index (χ2v) is 10.0. The summed E-state index contributed by atoms with van der Waals surface area (Å²) < 4.78 is 9.45. The zero-order valence-electron chi connectivity index (χ0n) is 22.1. The number of rotatable bonds is 17. The lowest BCUT2D eigenvalue weighted by molar-refractivity contribution is -0.147. The van der Waals surface area contributed by atoms with Gasteiger partial charge < -0.3 is 14.6 Å². The van der Waals surface area contributed by atoms with Crippen LogP contribution in [0.3, 0.4) is 0 Å². The molecule has 0 fully saturated rings. The fourth-order valence-electron chi connectivity index (χ4n) is 4.20. The highest BCUT2D eigenvalue weighted by Crippen LogP contribution is 2.11. The molecule has 1 amide bonds. The van der Waals surface area contributed by atoms with Crippen molar-refractivity contribution in [3.63, 3.8) is 0 Å². The number of aryl methyl sites for hydroxylation is 2. The summed E-state index contributed by atoms with van der Waals surface area (Å²) in [5.41, 5.74) is 0.251. The minimum Gasteiger partial charge on any atom is -0.464 e. The van der Waals surface area contributed by atoms with Crippen molar-refractivity contribution in [1.82, 2.24) is 24.0 Å². The summed E-state index contributed by atoms with van der Waals surface area (Å²) in [5, 5.41) is 2.82. The van der Waals surface area contributed by atoms with E-state index in [1.54, 1.807) is 43.7 Å². The maximum atomic E-state index is 12.7. The van der Waals surface area contributed by atoms with Crippen LogP contribution in [0.25, 0.3) is 11.2 Å². The smallest absolute Gasteiger partial charge is 0.332 e. The number of carbonyl (C=O) groups excluding carboxylic acids is 2. The van der Waals surface area contributed by atoms with E-state index in [0.29, 0.717) is 37.2 Å². The van der Waals surface area contributed by atoms with Crippen LogP contribution in [0.1, 0.15) is 71.1 Å². The van der Waals surface area contributed by atoms with Crippen LogP contribution in [0.5, 0.6) is 0 Å². The predicted molar refractivity (Wildman–Crippen MR) is 143 cm³/mol. The van der Waals surface area contributed by atoms with Crippen LogP contribution in [0.15, 0.2) is 15.9 Å². The van der Waals surface area contributed by atoms with Gasteiger partial charge in [0.1, 0.15) is 6.04 Å². The Morgan fingerprint density at radius 2 is 1.69 bits per heavy atom. The van der Waals surface area contributed by atoms with Crippen LogP contribution in [0.4, 0.5) is 0 Å². The normalized spacial score (nSPS) is 12.1. The van der Waals surface area contributed by atoms with E-state index in [1.807, 2.05) is 6.26 Å². The van der Waals surface area contributed by atoms with Crippen molar-refractivity contribution in [2.24, 2.45) is 14.1 Å². The molecule has 0 aliphatic rings. The number of nitrogens with one attached hydrogen (secondary N) is 1. The number of ether oxygens (including phenoxy) is 1. The molecular weight excluding hydrogens is 482 g/mol. The van der Waals surface area contributed by atoms with Gasteiger partial charge in [-0.15, -0.1) is 0 Å². The first-order valence-corrected chi connectivity index (χ1v) is 14.3. The Morgan fingerprint density at radius 3 is 2.33 bits per heavy atom. The molecule has 2 rings (SSSR count). The topological polar surface area (TPSA) is 117 Å². The third-order valence-electron chi connectivity index (χ3n) is 6.25. The lowest BCUT2D eigenvalue weighted by atomic mass is 10.1. The minimum atomic E-state index is -0.563. The molecule has 0 bridgehead atoms. The Bertz CT molecular complexity index is 1110. The monoisotopic (exact) mass is 523 g/mol. The van der Waals surface area contributed by atoms with Crippen molar-refractivity contribution in [2.45, 2.75) is 83.7 Å². The summed E-state index contributed by atoms with van der Waals surface area (Å²) in [6.45, 7) is 2.48. The van der Waals surface area contributed by atoms with Crippen LogP contribution < -0.4 is 16.6 Å². The molecule has 0 aliphatic heterocycles. The molecule has 1 N–H and O–H groups in total. The number of amides is 1. The number of thioether (sulfide) groups is 1. The molecule has 0 saturated heterocycles. The molecule has 11 heteroatoms. The Kier molecular flexibility index (Phi) is 12.8. The zero-order valence-corrected chi connectivity index (χ0v) is 22.9. The number of nitrogens with zero attached hydrogens (tertiary/aromatic N) is 4. The van der Waals surface area contributed by atoms with Gasteiger partial charge in [-0.1, -0.05) is 38.5 Å². The highest BCUT2D eigenvalue weighted by atomic mass is 32.2. The van der Waals surface area contributed by atoms with Crippen LogP contribution in [-0.2, 0) is 35.0 Å². The van der Waals surface area contributed by atoms with E-state index in [-0.39, 0.29) is 23.1 Å². The average Bonchev–Trinajstić information content (AvgIpc) is 3.25. The van der Waals surface area contributed by atoms with E-state index in [0.717, 1.165) is 57.1 Å². The van der Waals surface area contributed by atoms with Crippen molar-refractivity contribution in [2.75, 3.05) is 18.6 Å². The average molecular weight is 524 g/mol. The molecule has 0 saturated carbocycles. The molecule has 0 aliphatic carbocycles. The van der Waals surface area contributed by atoms with Crippen molar-refractivity contribution >= 4 is 34.8 Å². The van der Waals surface area contributed by atoms with Crippen LogP contribution in [-0.4, -0.2) is 55.2 Å². The van der Waals surface area contributed by atoms with E-state index < -0.39 is 6.04 Å². The number of hydrogen-bond acceptors (Lipinski definition) is 7. The number of fused-ring (bicyclic) bond motifs is 1. The molecule has 0 aromatic carbocycles. The summed E-state index contributed by atoms with van der Waals surface area (Å²) in [7, 11) is 3.40. The Hall–Kier alpha value is -2.56. The fraction of sp³-hybridized carbons (Fsp3) is 0.720. The molecule has 10 nitrogen and oxygen atoms in total. The van der Waals surface area contributed by atoms with E-state index in [2.05, 4.69) is 10.3 Å². The van der Waals surface area contributed by atoms with Crippen molar-refractivity contribution in [3.05, 3.63) is 27.2 Å². The number of carbonyl (C=O) groups is 2. The van der Waals surface area contributed by atoms with Crippen LogP contribution in [0.2, 0.25) is 0 Å². The summed E-state index contributed by atoms with van der Waals surface area (Å²) in [6, 6.07) is -0.563. The van der Waals surface area contributed by atoms with Crippen LogP contribution in [0, 0.1) is 0 Å². The first kappa shape index (κ1) is 29.7. The lowest BCUT2D eigenvalue weighted by Crippen LogP contribution is -2.42. The maximum Gasteiger partial charge on any atom is 0.332 e. The van der Waals surface area contributed by atoms with E-state index in [9.17, 15) is 19.2 Å². The molecule has 202 valence electrons. The highest BCUT2D eigenvalue weighted by Gasteiger charge is 2.21. The van der Waals surface area contributed by atoms with Gasteiger partial charge in [0, 0.05) is 27.1 Å². The first-order chi connectivity index (χ1) is 17.3. The molecule has 2 aromatic heterocycles. The SMILES string of the molecule is CCOC(=O)C(CCSC)NC(=O)CCCCCCCCCCn1c(=O)c2c(ncn2C)n(C)c1=O. The van der Waals surface area contributed by atoms with E-state index in [4.69, 9.17) is 4.74 Å². The molecule has 36 heavy (non-hydrogen) atoms. The third kappa shape index (κ3) is 8.53. The molecule has 2 heterocycles. The summed E-state index contributed by atoms with van der Waals surface area (Å²) >= 11 is 1.64. The highest BCUT2D eigenvalue weighted by molar-refractivity contribution is 7.98. The van der Waals surface area contributed by atoms with Crippen LogP contribution >= 0.6 is 11.8 Å². The number of imidazole rings is 1. The molecule has 1 unspecified atom stereocenters. The third-order valence-corrected chi connectivity index (χ3v) is 6.90. The summed E-state index contributed by atoms with van der Waals surface area (Å²) in [5.74, 6) is 0.332. The van der Waals surface area contributed by atoms with Crippen molar-refractivity contribution in [3.8, 4) is 0 Å². The summed E-state index contributed by atoms with van der Waals surface area (Å²) in [4.78, 5) is 53.6. The largest absolute Gasteiger partial charge is 0.464 e. The number of esters is 1. The maximum absolute atomic E-state index is 12.7. The second-order valence-electron chi connectivity index (χ2n) is 9.06. The minimum absolute atomic E-state index is 0.0974. The van der Waals surface area contributed by atoms with E-state index in [1.165, 1.54) is 9.13 Å². The molecule has 2 aromatic rings. The van der Waals surface area contributed by atoms with Gasteiger partial charge in [0.25, 0.3) is 5.56 Å². The molecule has 1 atom stereocenters. The Labute approximate surface area is 216 Å². The standard InChI is InChI=1S/C25H41N5O5S/c1-5-35-24(33)19(15-17-36-4)27-20(31)14-12-10-8-6-7-9-11-13-16-30-23(32)21-22(26-18-28(21)2)29(3)25(30)34/h18-19H,5-17H2,1-4H3,(H,27,31). The first-order valence-electron chi connectivity index (χ1n) is 12.9. The van der Waals surface area contributed by atoms with Gasteiger partial charge in [0.05, 0.1) is 12.9 Å². The molecule has 0 spiro atoms. The number of unbranched alkanes of at least 4 members (excludes halogenated alkanes) is 7. The summed E-state index contributed by atoms with van der Waals surface area (Å²) in [6.07, 6.45) is 12.3. The van der Waals surface area contributed by atoms with Gasteiger partial charge in [-0.3, -0.25) is 18.7 Å². The van der Waals surface area contributed by atoms with Gasteiger partial charge in [-0.2, -0.15) is 11.8 Å². The van der Waals surface area contributed by atoms with Gasteiger partial charge in [0.15, 0.2) is 11.2 Å². The van der Waals surface area contributed by atoms with Crippen molar-refractivity contribution < 1.29 is 14.3 Å². The van der Waals surface area contributed by atoms with Gasteiger partial charge in [0.2, 0.25) is 5.91 Å².